The average Bonchev–Trinajstić information content (AvgIpc) is 3.10. The molecule has 0 atom stereocenters. The van der Waals surface area contributed by atoms with Gasteiger partial charge in [0.05, 0.1) is 6.54 Å². The minimum absolute atomic E-state index is 0.494. The zero-order valence-electron chi connectivity index (χ0n) is 13.4. The summed E-state index contributed by atoms with van der Waals surface area (Å²) in [6.07, 6.45) is 5.44. The van der Waals surface area contributed by atoms with Crippen LogP contribution in [0.2, 0.25) is 0 Å². The predicted molar refractivity (Wildman–Crippen MR) is 92.6 cm³/mol. The van der Waals surface area contributed by atoms with Crippen molar-refractivity contribution in [2.75, 3.05) is 20.2 Å². The van der Waals surface area contributed by atoms with E-state index >= 15 is 0 Å². The maximum atomic E-state index is 5.65. The molecule has 0 aliphatic rings. The van der Waals surface area contributed by atoms with E-state index in [4.69, 9.17) is 4.74 Å². The Kier molecular flexibility index (Phi) is 6.71. The van der Waals surface area contributed by atoms with Crippen LogP contribution in [0.5, 0.6) is 5.75 Å². The number of nitrogens with zero attached hydrogens (tertiary/aromatic N) is 3. The number of nitrogens with one attached hydrogen (secondary N) is 2. The van der Waals surface area contributed by atoms with E-state index in [1.165, 1.54) is 0 Å². The molecule has 0 amide bonds. The molecule has 122 valence electrons. The molecule has 0 aliphatic heterocycles. The second kappa shape index (κ2) is 9.30. The first-order chi connectivity index (χ1) is 11.3. The van der Waals surface area contributed by atoms with Crippen molar-refractivity contribution >= 4 is 5.96 Å². The molecule has 0 saturated carbocycles. The molecule has 0 fully saturated rings. The quantitative estimate of drug-likeness (QED) is 0.443. The highest BCUT2D eigenvalue weighted by atomic mass is 16.5. The van der Waals surface area contributed by atoms with Gasteiger partial charge in [0.1, 0.15) is 12.4 Å². The molecule has 2 N–H and O–H groups in total. The molecule has 0 radical (unpaired) electrons. The van der Waals surface area contributed by atoms with E-state index in [0.717, 1.165) is 30.4 Å². The number of rotatable bonds is 8. The molecular weight excluding hydrogens is 290 g/mol. The second-order valence-electron chi connectivity index (χ2n) is 4.83. The smallest absolute Gasteiger partial charge is 0.191 e. The van der Waals surface area contributed by atoms with Crippen LogP contribution in [0.25, 0.3) is 0 Å². The summed E-state index contributed by atoms with van der Waals surface area (Å²) in [6.45, 7) is 6.33. The molecule has 0 saturated heterocycles. The lowest BCUT2D eigenvalue weighted by Crippen LogP contribution is -2.38. The lowest BCUT2D eigenvalue weighted by molar-refractivity contribution is 0.358. The Balaban J connectivity index is 1.82. The van der Waals surface area contributed by atoms with Crippen LogP contribution < -0.4 is 15.4 Å². The number of hydrogen-bond acceptors (Lipinski definition) is 3. The molecular formula is C17H23N5O. The van der Waals surface area contributed by atoms with Gasteiger partial charge in [0, 0.05) is 38.1 Å². The molecule has 6 nitrogen and oxygen atoms in total. The maximum Gasteiger partial charge on any atom is 0.191 e. The van der Waals surface area contributed by atoms with E-state index in [1.54, 1.807) is 19.3 Å². The summed E-state index contributed by atoms with van der Waals surface area (Å²) >= 11 is 0. The van der Waals surface area contributed by atoms with Crippen molar-refractivity contribution in [3.8, 4) is 5.75 Å². The van der Waals surface area contributed by atoms with Crippen molar-refractivity contribution < 1.29 is 4.74 Å². The van der Waals surface area contributed by atoms with E-state index < -0.39 is 0 Å². The molecule has 1 heterocycles. The van der Waals surface area contributed by atoms with Gasteiger partial charge in [0.25, 0.3) is 0 Å². The highest BCUT2D eigenvalue weighted by Gasteiger charge is 2.04. The van der Waals surface area contributed by atoms with Crippen LogP contribution in [0.15, 0.2) is 60.4 Å². The summed E-state index contributed by atoms with van der Waals surface area (Å²) in [5.74, 6) is 1.60. The second-order valence-corrected chi connectivity index (χ2v) is 4.83. The summed E-state index contributed by atoms with van der Waals surface area (Å²) in [5, 5.41) is 10.7. The van der Waals surface area contributed by atoms with E-state index in [-0.39, 0.29) is 0 Å². The van der Waals surface area contributed by atoms with Crippen molar-refractivity contribution in [2.24, 2.45) is 4.99 Å². The molecule has 2 rings (SSSR count). The fourth-order valence-corrected chi connectivity index (χ4v) is 2.06. The summed E-state index contributed by atoms with van der Waals surface area (Å²) < 4.78 is 7.53. The highest BCUT2D eigenvalue weighted by Crippen LogP contribution is 2.17. The molecule has 1 aromatic heterocycles. The number of aromatic nitrogens is 2. The Bertz CT molecular complexity index is 622. The van der Waals surface area contributed by atoms with E-state index in [0.29, 0.717) is 13.2 Å². The summed E-state index contributed by atoms with van der Waals surface area (Å²) in [6, 6.07) is 9.84. The van der Waals surface area contributed by atoms with Gasteiger partial charge in [-0.2, -0.15) is 5.10 Å². The topological polar surface area (TPSA) is 63.5 Å². The molecule has 0 bridgehead atoms. The van der Waals surface area contributed by atoms with Gasteiger partial charge >= 0.3 is 0 Å². The van der Waals surface area contributed by atoms with Gasteiger partial charge in [0.2, 0.25) is 0 Å². The monoisotopic (exact) mass is 313 g/mol. The Morgan fingerprint density at radius 3 is 2.96 bits per heavy atom. The lowest BCUT2D eigenvalue weighted by atomic mass is 10.2. The minimum atomic E-state index is 0.494. The summed E-state index contributed by atoms with van der Waals surface area (Å²) in [5.41, 5.74) is 1.07. The number of hydrogen-bond donors (Lipinski definition) is 2. The molecule has 0 unspecified atom stereocenters. The predicted octanol–water partition coefficient (Wildman–Crippen LogP) is 1.81. The van der Waals surface area contributed by atoms with Gasteiger partial charge in [-0.05, 0) is 12.1 Å². The number of guanidine groups is 1. The third-order valence-electron chi connectivity index (χ3n) is 3.19. The van der Waals surface area contributed by atoms with Crippen molar-refractivity contribution in [1.82, 2.24) is 20.4 Å². The molecule has 1 aromatic carbocycles. The van der Waals surface area contributed by atoms with Gasteiger partial charge < -0.3 is 15.4 Å². The number of aliphatic imine (C=N–C) groups is 1. The van der Waals surface area contributed by atoms with Gasteiger partial charge in [-0.15, -0.1) is 0 Å². The number of benzene rings is 1. The van der Waals surface area contributed by atoms with Crippen LogP contribution in [0.1, 0.15) is 5.56 Å². The normalized spacial score (nSPS) is 11.1. The van der Waals surface area contributed by atoms with Crippen LogP contribution in [0.4, 0.5) is 0 Å². The molecule has 2 aromatic rings. The van der Waals surface area contributed by atoms with Gasteiger partial charge in [-0.3, -0.25) is 9.67 Å². The highest BCUT2D eigenvalue weighted by molar-refractivity contribution is 5.79. The van der Waals surface area contributed by atoms with Gasteiger partial charge in [-0.25, -0.2) is 0 Å². The Hall–Kier alpha value is -2.76. The van der Waals surface area contributed by atoms with Gasteiger partial charge in [-0.1, -0.05) is 30.9 Å². The van der Waals surface area contributed by atoms with Crippen LogP contribution in [0.3, 0.4) is 0 Å². The molecule has 0 spiro atoms. The average molecular weight is 313 g/mol. The summed E-state index contributed by atoms with van der Waals surface area (Å²) in [4.78, 5) is 4.22. The molecule has 0 aliphatic carbocycles. The van der Waals surface area contributed by atoms with Crippen LogP contribution in [-0.2, 0) is 13.1 Å². The van der Waals surface area contributed by atoms with Crippen molar-refractivity contribution in [1.29, 1.82) is 0 Å². The lowest BCUT2D eigenvalue weighted by Gasteiger charge is -2.14. The Morgan fingerprint density at radius 1 is 1.35 bits per heavy atom. The zero-order chi connectivity index (χ0) is 16.3. The molecule has 6 heteroatoms. The Labute approximate surface area is 136 Å². The zero-order valence-corrected chi connectivity index (χ0v) is 13.4. The summed E-state index contributed by atoms with van der Waals surface area (Å²) in [7, 11) is 1.75. The van der Waals surface area contributed by atoms with Gasteiger partial charge in [0.15, 0.2) is 5.96 Å². The minimum Gasteiger partial charge on any atom is -0.489 e. The van der Waals surface area contributed by atoms with Crippen LogP contribution in [-0.4, -0.2) is 35.9 Å². The first-order valence-electron chi connectivity index (χ1n) is 7.57. The number of ether oxygens (including phenoxy) is 1. The fourth-order valence-electron chi connectivity index (χ4n) is 2.06. The van der Waals surface area contributed by atoms with Crippen LogP contribution >= 0.6 is 0 Å². The third-order valence-corrected chi connectivity index (χ3v) is 3.19. The fraction of sp³-hybridized carbons (Fsp3) is 0.294. The largest absolute Gasteiger partial charge is 0.489 e. The van der Waals surface area contributed by atoms with Crippen molar-refractivity contribution in [3.05, 3.63) is 60.9 Å². The van der Waals surface area contributed by atoms with Crippen molar-refractivity contribution in [3.63, 3.8) is 0 Å². The van der Waals surface area contributed by atoms with E-state index in [2.05, 4.69) is 27.3 Å². The third kappa shape index (κ3) is 5.50. The number of para-hydroxylation sites is 1. The van der Waals surface area contributed by atoms with Crippen molar-refractivity contribution in [2.45, 2.75) is 13.1 Å². The maximum absolute atomic E-state index is 5.65. The molecule has 23 heavy (non-hydrogen) atoms. The Morgan fingerprint density at radius 2 is 2.22 bits per heavy atom. The first-order valence-corrected chi connectivity index (χ1v) is 7.57. The standard InChI is InChI=1S/C17H23N5O/c1-3-13-23-16-8-5-4-7-15(16)14-20-17(18-2)19-10-12-22-11-6-9-21-22/h3-9,11H,1,10,12-14H2,2H3,(H2,18,19,20). The first kappa shape index (κ1) is 16.6. The SMILES string of the molecule is C=CCOc1ccccc1CNC(=NC)NCCn1cccn1. The van der Waals surface area contributed by atoms with Crippen LogP contribution in [0, 0.1) is 0 Å². The van der Waals surface area contributed by atoms with E-state index in [9.17, 15) is 0 Å². The van der Waals surface area contributed by atoms with E-state index in [1.807, 2.05) is 41.2 Å².